The van der Waals surface area contributed by atoms with Crippen molar-refractivity contribution in [1.29, 1.82) is 0 Å². The normalized spacial score (nSPS) is 21.4. The fraction of sp³-hybridized carbons (Fsp3) is 0.156. The fourth-order valence-corrected chi connectivity index (χ4v) is 9.76. The number of hydrogen-bond acceptors (Lipinski definition) is 8. The van der Waals surface area contributed by atoms with Gasteiger partial charge in [0.25, 0.3) is 5.56 Å². The van der Waals surface area contributed by atoms with E-state index in [1.165, 1.54) is 4.90 Å². The van der Waals surface area contributed by atoms with E-state index in [1.807, 2.05) is 80.6 Å². The van der Waals surface area contributed by atoms with Gasteiger partial charge < -0.3 is 10.1 Å². The average molecular weight is 808 g/mol. The Labute approximate surface area is 340 Å². The highest BCUT2D eigenvalue weighted by Gasteiger charge is 2.70. The molecule has 286 valence electrons. The van der Waals surface area contributed by atoms with Crippen LogP contribution < -0.4 is 15.8 Å². The van der Waals surface area contributed by atoms with Crippen molar-refractivity contribution >= 4 is 79.7 Å². The van der Waals surface area contributed by atoms with Gasteiger partial charge in [0.2, 0.25) is 17.6 Å². The first-order valence-corrected chi connectivity index (χ1v) is 19.5. The topological polar surface area (TPSA) is 150 Å². The minimum atomic E-state index is -1.18. The number of fused-ring (bicyclic) bond motifs is 10. The third kappa shape index (κ3) is 5.03. The van der Waals surface area contributed by atoms with Crippen molar-refractivity contribution in [2.75, 3.05) is 4.90 Å². The van der Waals surface area contributed by atoms with Crippen LogP contribution in [0, 0.1) is 17.8 Å². The number of nitrogens with zero attached hydrogens (tertiary/aromatic N) is 4. The molecular weight excluding hydrogens is 775 g/mol. The van der Waals surface area contributed by atoms with Crippen LogP contribution in [0.15, 0.2) is 125 Å². The molecule has 0 radical (unpaired) electrons. The first-order chi connectivity index (χ1) is 28.0. The number of anilines is 1. The molecule has 7 aromatic rings. The number of carbonyl (C=O) groups is 3. The number of benzene rings is 5. The molecule has 2 aromatic heterocycles. The van der Waals surface area contributed by atoms with Gasteiger partial charge in [0.1, 0.15) is 17.1 Å². The molecule has 0 bridgehead atoms. The second-order valence-corrected chi connectivity index (χ2v) is 16.0. The van der Waals surface area contributed by atoms with Crippen molar-refractivity contribution in [2.45, 2.75) is 25.4 Å². The quantitative estimate of drug-likeness (QED) is 0.154. The molecular formula is C45H32Cl2N6O5. The summed E-state index contributed by atoms with van der Waals surface area (Å²) >= 11 is 12.5. The first kappa shape index (κ1) is 36.0. The third-order valence-electron chi connectivity index (χ3n) is 11.6. The molecule has 2 saturated heterocycles. The van der Waals surface area contributed by atoms with E-state index in [0.717, 1.165) is 16.5 Å². The molecule has 1 spiro atoms. The van der Waals surface area contributed by atoms with Gasteiger partial charge in [-0.15, -0.1) is 0 Å². The SMILES string of the molecule is CC(C)C1NC2(c3ccccc3-n3c2nc2ccccc2c3=O)[C@H]2C(=O)N(c3cc(Cl)cc(Cl)c3)C(=O)[C@@H]12.O=C1C(c2c(O)[nH]c3ccccc23)=Nc2ccccc21. The Morgan fingerprint density at radius 2 is 1.47 bits per heavy atom. The van der Waals surface area contributed by atoms with Gasteiger partial charge in [-0.3, -0.25) is 29.1 Å². The molecule has 11 nitrogen and oxygen atoms in total. The van der Waals surface area contributed by atoms with Crippen LogP contribution >= 0.6 is 23.2 Å². The molecule has 2 unspecified atom stereocenters. The molecule has 0 saturated carbocycles. The summed E-state index contributed by atoms with van der Waals surface area (Å²) in [6.45, 7) is 4.04. The second-order valence-electron chi connectivity index (χ2n) is 15.2. The highest BCUT2D eigenvalue weighted by molar-refractivity contribution is 6.56. The van der Waals surface area contributed by atoms with Crippen molar-refractivity contribution in [2.24, 2.45) is 22.7 Å². The van der Waals surface area contributed by atoms with E-state index in [1.54, 1.807) is 53.1 Å². The summed E-state index contributed by atoms with van der Waals surface area (Å²) < 4.78 is 1.60. The number of hydrogen-bond donors (Lipinski definition) is 3. The molecule has 4 aliphatic heterocycles. The lowest BCUT2D eigenvalue weighted by atomic mass is 9.75. The molecule has 2 amide bonds. The number of imide groups is 1. The Morgan fingerprint density at radius 1 is 0.793 bits per heavy atom. The smallest absolute Gasteiger partial charge is 0.266 e. The van der Waals surface area contributed by atoms with E-state index >= 15 is 0 Å². The van der Waals surface area contributed by atoms with Crippen LogP contribution in [-0.2, 0) is 15.1 Å². The molecule has 4 atom stereocenters. The summed E-state index contributed by atoms with van der Waals surface area (Å²) in [7, 11) is 0. The summed E-state index contributed by atoms with van der Waals surface area (Å²) in [6, 6.07) is 33.7. The van der Waals surface area contributed by atoms with E-state index in [-0.39, 0.29) is 41.0 Å². The van der Waals surface area contributed by atoms with Gasteiger partial charge in [0.15, 0.2) is 5.88 Å². The molecule has 3 N–H and O–H groups in total. The van der Waals surface area contributed by atoms with E-state index in [4.69, 9.17) is 28.2 Å². The van der Waals surface area contributed by atoms with E-state index < -0.39 is 17.4 Å². The molecule has 6 heterocycles. The average Bonchev–Trinajstić information content (AvgIpc) is 3.97. The highest BCUT2D eigenvalue weighted by atomic mass is 35.5. The standard InChI is InChI=1S/C29H22Cl2N4O3.C16H10N2O2/c1-14(2)24-22-23(27(38)34(26(22)37)17-12-15(30)11-16(31)13-17)29(33-24)19-8-4-6-10-21(19)35-25(36)18-7-3-5-9-20(18)32-28(29)35;19-15-10-6-2-4-8-12(10)17-14(15)13-9-5-1-3-7-11(9)18-16(13)20/h3-14,22-24,33H,1-2H3;1-8,18,20H/t22-,23-,24?,29?;/m1./s1. The van der Waals surface area contributed by atoms with Gasteiger partial charge in [0.05, 0.1) is 45.4 Å². The number of amides is 2. The zero-order chi connectivity index (χ0) is 40.2. The van der Waals surface area contributed by atoms with Crippen LogP contribution in [0.2, 0.25) is 10.0 Å². The van der Waals surface area contributed by atoms with Gasteiger partial charge in [-0.05, 0) is 60.5 Å². The third-order valence-corrected chi connectivity index (χ3v) is 12.1. The monoisotopic (exact) mass is 806 g/mol. The molecule has 13 heteroatoms. The molecule has 2 fully saturated rings. The maximum Gasteiger partial charge on any atom is 0.266 e. The van der Waals surface area contributed by atoms with Gasteiger partial charge >= 0.3 is 0 Å². The van der Waals surface area contributed by atoms with Gasteiger partial charge in [-0.2, -0.15) is 0 Å². The van der Waals surface area contributed by atoms with Crippen LogP contribution in [0.1, 0.15) is 41.2 Å². The summed E-state index contributed by atoms with van der Waals surface area (Å²) in [5.41, 5.74) is 3.67. The maximum absolute atomic E-state index is 14.4. The van der Waals surface area contributed by atoms with Gasteiger partial charge in [0, 0.05) is 38.1 Å². The number of aliphatic imine (C=N–C) groups is 1. The Morgan fingerprint density at radius 3 is 2.22 bits per heavy atom. The lowest BCUT2D eigenvalue weighted by Crippen LogP contribution is -2.51. The lowest BCUT2D eigenvalue weighted by molar-refractivity contribution is -0.123. The summed E-state index contributed by atoms with van der Waals surface area (Å²) in [5.74, 6) is -1.94. The summed E-state index contributed by atoms with van der Waals surface area (Å²) in [6.07, 6.45) is 0. The van der Waals surface area contributed by atoms with Crippen LogP contribution in [0.3, 0.4) is 0 Å². The number of aromatic amines is 1. The number of H-pyrrole nitrogens is 1. The van der Waals surface area contributed by atoms with Crippen molar-refractivity contribution in [3.8, 4) is 11.6 Å². The zero-order valence-electron chi connectivity index (χ0n) is 30.9. The molecule has 11 rings (SSSR count). The molecule has 58 heavy (non-hydrogen) atoms. The number of Topliss-reactive ketones (excluding diaryl/α,β-unsaturated/α-hetero) is 1. The van der Waals surface area contributed by atoms with Gasteiger partial charge in [-0.25, -0.2) is 14.9 Å². The predicted octanol–water partition coefficient (Wildman–Crippen LogP) is 7.87. The van der Waals surface area contributed by atoms with Crippen molar-refractivity contribution < 1.29 is 19.5 Å². The van der Waals surface area contributed by atoms with Crippen LogP contribution in [0.4, 0.5) is 11.4 Å². The summed E-state index contributed by atoms with van der Waals surface area (Å²) in [5, 5.41) is 15.7. The second kappa shape index (κ2) is 13.1. The number of rotatable bonds is 3. The molecule has 4 aliphatic rings. The number of nitrogens with one attached hydrogen (secondary N) is 2. The molecule has 0 aliphatic carbocycles. The number of carbonyl (C=O) groups excluding carboxylic acids is 3. The Bertz CT molecular complexity index is 3020. The van der Waals surface area contributed by atoms with Crippen molar-refractivity contribution in [3.63, 3.8) is 0 Å². The minimum absolute atomic E-state index is 0.00918. The predicted molar refractivity (Wildman–Crippen MR) is 223 cm³/mol. The van der Waals surface area contributed by atoms with Crippen molar-refractivity contribution in [3.05, 3.63) is 158 Å². The van der Waals surface area contributed by atoms with Crippen LogP contribution in [0.5, 0.6) is 5.88 Å². The summed E-state index contributed by atoms with van der Waals surface area (Å²) in [4.78, 5) is 68.2. The Hall–Kier alpha value is -6.40. The largest absolute Gasteiger partial charge is 0.494 e. The Balaban J connectivity index is 0.000000171. The zero-order valence-corrected chi connectivity index (χ0v) is 32.4. The van der Waals surface area contributed by atoms with E-state index in [0.29, 0.717) is 60.7 Å². The highest BCUT2D eigenvalue weighted by Crippen LogP contribution is 2.56. The number of aromatic nitrogens is 3. The van der Waals surface area contributed by atoms with E-state index in [2.05, 4.69) is 15.3 Å². The fourth-order valence-electron chi connectivity index (χ4n) is 9.25. The van der Waals surface area contributed by atoms with Crippen molar-refractivity contribution in [1.82, 2.24) is 19.9 Å². The maximum atomic E-state index is 14.4. The number of aromatic hydroxyl groups is 1. The van der Waals surface area contributed by atoms with Crippen LogP contribution in [-0.4, -0.2) is 49.0 Å². The molecule has 5 aromatic carbocycles. The number of ketones is 1. The van der Waals surface area contributed by atoms with Gasteiger partial charge in [-0.1, -0.05) is 97.7 Å². The number of para-hydroxylation sites is 4. The minimum Gasteiger partial charge on any atom is -0.494 e. The Kier molecular flexibility index (Phi) is 8.11. The van der Waals surface area contributed by atoms with Crippen LogP contribution in [0.25, 0.3) is 27.5 Å². The number of halogens is 2. The lowest BCUT2D eigenvalue weighted by Gasteiger charge is -2.32. The van der Waals surface area contributed by atoms with E-state index in [9.17, 15) is 24.3 Å². The first-order valence-electron chi connectivity index (χ1n) is 18.8.